The number of ether oxygens (including phenoxy) is 1. The van der Waals surface area contributed by atoms with Gasteiger partial charge in [0.25, 0.3) is 5.91 Å². The lowest BCUT2D eigenvalue weighted by Gasteiger charge is -2.09. The largest absolute Gasteiger partial charge is 0.496 e. The lowest BCUT2D eigenvalue weighted by Crippen LogP contribution is -2.13. The molecular formula is C21H16N2O2. The molecule has 1 amide bonds. The van der Waals surface area contributed by atoms with Gasteiger partial charge in [0, 0.05) is 17.4 Å². The van der Waals surface area contributed by atoms with E-state index in [4.69, 9.17) is 4.74 Å². The molecule has 1 heterocycles. The summed E-state index contributed by atoms with van der Waals surface area (Å²) in [7, 11) is 1.54. The lowest BCUT2D eigenvalue weighted by molar-refractivity contribution is 0.102. The zero-order valence-electron chi connectivity index (χ0n) is 13.7. The van der Waals surface area contributed by atoms with Crippen LogP contribution in [0.15, 0.2) is 72.9 Å². The zero-order valence-corrected chi connectivity index (χ0v) is 13.7. The van der Waals surface area contributed by atoms with Crippen LogP contribution in [0.1, 0.15) is 21.6 Å². The van der Waals surface area contributed by atoms with E-state index in [9.17, 15) is 4.79 Å². The molecule has 4 heteroatoms. The number of hydrogen-bond donors (Lipinski definition) is 1. The van der Waals surface area contributed by atoms with Crippen LogP contribution in [0.2, 0.25) is 0 Å². The fourth-order valence-corrected chi connectivity index (χ4v) is 2.28. The van der Waals surface area contributed by atoms with Gasteiger partial charge in [-0.3, -0.25) is 4.79 Å². The molecule has 3 aromatic rings. The number of amides is 1. The Morgan fingerprint density at radius 3 is 2.64 bits per heavy atom. The molecule has 0 aliphatic rings. The van der Waals surface area contributed by atoms with Crippen LogP contribution in [0.25, 0.3) is 0 Å². The molecule has 0 fully saturated rings. The summed E-state index contributed by atoms with van der Waals surface area (Å²) in [5.41, 5.74) is 2.65. The van der Waals surface area contributed by atoms with Crippen molar-refractivity contribution in [3.05, 3.63) is 89.7 Å². The van der Waals surface area contributed by atoms with E-state index in [2.05, 4.69) is 22.1 Å². The normalized spacial score (nSPS) is 9.64. The van der Waals surface area contributed by atoms with Gasteiger partial charge in [-0.05, 0) is 48.4 Å². The van der Waals surface area contributed by atoms with E-state index in [1.165, 1.54) is 0 Å². The minimum Gasteiger partial charge on any atom is -0.496 e. The standard InChI is InChI=1S/C21H16N2O2/c1-25-20-11-3-2-10-19(20)21(24)23-18-9-6-7-16(15-18)12-13-17-8-4-5-14-22-17/h2-11,14-15H,1H3,(H,23,24). The number of pyridine rings is 1. The third kappa shape index (κ3) is 4.24. The fraction of sp³-hybridized carbons (Fsp3) is 0.0476. The summed E-state index contributed by atoms with van der Waals surface area (Å²) in [5, 5.41) is 2.87. The first kappa shape index (κ1) is 16.3. The fourth-order valence-electron chi connectivity index (χ4n) is 2.28. The first-order valence-corrected chi connectivity index (χ1v) is 7.74. The van der Waals surface area contributed by atoms with Gasteiger partial charge in [-0.1, -0.05) is 30.2 Å². The van der Waals surface area contributed by atoms with Crippen molar-refractivity contribution in [3.8, 4) is 17.6 Å². The highest BCUT2D eigenvalue weighted by atomic mass is 16.5. The summed E-state index contributed by atoms with van der Waals surface area (Å²) in [6, 6.07) is 20.1. The summed E-state index contributed by atoms with van der Waals surface area (Å²) in [4.78, 5) is 16.6. The maximum Gasteiger partial charge on any atom is 0.259 e. The first-order valence-electron chi connectivity index (χ1n) is 7.74. The zero-order chi connectivity index (χ0) is 17.5. The van der Waals surface area contributed by atoms with Crippen molar-refractivity contribution in [2.45, 2.75) is 0 Å². The minimum absolute atomic E-state index is 0.229. The molecule has 2 aromatic carbocycles. The Morgan fingerprint density at radius 1 is 1.00 bits per heavy atom. The van der Waals surface area contributed by atoms with Crippen molar-refractivity contribution in [2.75, 3.05) is 12.4 Å². The van der Waals surface area contributed by atoms with E-state index < -0.39 is 0 Å². The van der Waals surface area contributed by atoms with Crippen molar-refractivity contribution in [2.24, 2.45) is 0 Å². The van der Waals surface area contributed by atoms with Gasteiger partial charge in [-0.2, -0.15) is 0 Å². The molecule has 0 saturated heterocycles. The summed E-state index contributed by atoms with van der Waals surface area (Å²) in [6.07, 6.45) is 1.70. The maximum absolute atomic E-state index is 12.4. The van der Waals surface area contributed by atoms with Crippen molar-refractivity contribution in [1.82, 2.24) is 4.98 Å². The number of hydrogen-bond acceptors (Lipinski definition) is 3. The van der Waals surface area contributed by atoms with Crippen LogP contribution in [0.4, 0.5) is 5.69 Å². The lowest BCUT2D eigenvalue weighted by atomic mass is 10.1. The van der Waals surface area contributed by atoms with E-state index in [-0.39, 0.29) is 5.91 Å². The van der Waals surface area contributed by atoms with E-state index >= 15 is 0 Å². The second-order valence-electron chi connectivity index (χ2n) is 5.20. The van der Waals surface area contributed by atoms with Crippen LogP contribution in [-0.2, 0) is 0 Å². The molecule has 4 nitrogen and oxygen atoms in total. The molecular weight excluding hydrogens is 312 g/mol. The Labute approximate surface area is 146 Å². The Bertz CT molecular complexity index is 941. The molecule has 122 valence electrons. The van der Waals surface area contributed by atoms with Crippen LogP contribution < -0.4 is 10.1 Å². The second-order valence-corrected chi connectivity index (χ2v) is 5.20. The Kier molecular flexibility index (Phi) is 5.08. The molecule has 0 aliphatic heterocycles. The molecule has 0 atom stereocenters. The number of carbonyl (C=O) groups excluding carboxylic acids is 1. The SMILES string of the molecule is COc1ccccc1C(=O)Nc1cccc(C#Cc2ccccn2)c1. The van der Waals surface area contributed by atoms with Gasteiger partial charge in [0.1, 0.15) is 11.4 Å². The quantitative estimate of drug-likeness (QED) is 0.745. The average Bonchev–Trinajstić information content (AvgIpc) is 2.67. The van der Waals surface area contributed by atoms with Gasteiger partial charge in [-0.15, -0.1) is 0 Å². The molecule has 0 radical (unpaired) electrons. The molecule has 25 heavy (non-hydrogen) atoms. The molecule has 1 aromatic heterocycles. The third-order valence-corrected chi connectivity index (χ3v) is 3.47. The number of methoxy groups -OCH3 is 1. The molecule has 1 N–H and O–H groups in total. The van der Waals surface area contributed by atoms with Crippen molar-refractivity contribution in [1.29, 1.82) is 0 Å². The predicted molar refractivity (Wildman–Crippen MR) is 97.6 cm³/mol. The summed E-state index contributed by atoms with van der Waals surface area (Å²) >= 11 is 0. The maximum atomic E-state index is 12.4. The topological polar surface area (TPSA) is 51.2 Å². The van der Waals surface area contributed by atoms with Gasteiger partial charge in [-0.25, -0.2) is 4.98 Å². The Morgan fingerprint density at radius 2 is 1.84 bits per heavy atom. The van der Waals surface area contributed by atoms with Crippen LogP contribution in [0.3, 0.4) is 0 Å². The highest BCUT2D eigenvalue weighted by Gasteiger charge is 2.11. The van der Waals surface area contributed by atoms with Gasteiger partial charge >= 0.3 is 0 Å². The third-order valence-electron chi connectivity index (χ3n) is 3.47. The molecule has 0 unspecified atom stereocenters. The van der Waals surface area contributed by atoms with Crippen LogP contribution >= 0.6 is 0 Å². The minimum atomic E-state index is -0.229. The van der Waals surface area contributed by atoms with Gasteiger partial charge in [0.15, 0.2) is 0 Å². The van der Waals surface area contributed by atoms with E-state index in [1.54, 1.807) is 31.5 Å². The number of anilines is 1. The number of aromatic nitrogens is 1. The van der Waals surface area contributed by atoms with Gasteiger partial charge in [0.2, 0.25) is 0 Å². The molecule has 3 rings (SSSR count). The van der Waals surface area contributed by atoms with E-state index in [0.29, 0.717) is 22.7 Å². The number of para-hydroxylation sites is 1. The number of nitrogens with one attached hydrogen (secondary N) is 1. The summed E-state index contributed by atoms with van der Waals surface area (Å²) in [6.45, 7) is 0. The second kappa shape index (κ2) is 7.80. The van der Waals surface area contributed by atoms with Gasteiger partial charge in [0.05, 0.1) is 12.7 Å². The number of rotatable bonds is 3. The van der Waals surface area contributed by atoms with Crippen molar-refractivity contribution < 1.29 is 9.53 Å². The number of nitrogens with zero attached hydrogens (tertiary/aromatic N) is 1. The summed E-state index contributed by atoms with van der Waals surface area (Å²) < 4.78 is 5.23. The smallest absolute Gasteiger partial charge is 0.259 e. The van der Waals surface area contributed by atoms with Crippen molar-refractivity contribution in [3.63, 3.8) is 0 Å². The number of benzene rings is 2. The highest BCUT2D eigenvalue weighted by molar-refractivity contribution is 6.06. The first-order chi connectivity index (χ1) is 12.3. The number of carbonyl (C=O) groups is 1. The average molecular weight is 328 g/mol. The molecule has 0 spiro atoms. The molecule has 0 bridgehead atoms. The molecule has 0 aliphatic carbocycles. The highest BCUT2D eigenvalue weighted by Crippen LogP contribution is 2.19. The van der Waals surface area contributed by atoms with Crippen LogP contribution in [0, 0.1) is 11.8 Å². The van der Waals surface area contributed by atoms with Crippen LogP contribution in [-0.4, -0.2) is 18.0 Å². The van der Waals surface area contributed by atoms with E-state index in [0.717, 1.165) is 5.56 Å². The van der Waals surface area contributed by atoms with Crippen LogP contribution in [0.5, 0.6) is 5.75 Å². The monoisotopic (exact) mass is 328 g/mol. The van der Waals surface area contributed by atoms with Gasteiger partial charge < -0.3 is 10.1 Å². The van der Waals surface area contributed by atoms with E-state index in [1.807, 2.05) is 48.5 Å². The Hall–Kier alpha value is -3.58. The summed E-state index contributed by atoms with van der Waals surface area (Å²) in [5.74, 6) is 6.35. The molecule has 0 saturated carbocycles. The Balaban J connectivity index is 1.78. The predicted octanol–water partition coefficient (Wildman–Crippen LogP) is 3.74. The van der Waals surface area contributed by atoms with Crippen molar-refractivity contribution >= 4 is 11.6 Å².